The van der Waals surface area contributed by atoms with Crippen LogP contribution in [0.4, 0.5) is 39.8 Å². The van der Waals surface area contributed by atoms with E-state index in [0.29, 0.717) is 0 Å². The smallest absolute Gasteiger partial charge is 0.252 e. The Morgan fingerprint density at radius 3 is 1.69 bits per heavy atom. The Morgan fingerprint density at radius 2 is 1.02 bits per heavy atom. The lowest BCUT2D eigenvalue weighted by Crippen LogP contribution is -2.64. The second kappa shape index (κ2) is 11.9. The zero-order chi connectivity index (χ0) is 42.1. The van der Waals surface area contributed by atoms with Gasteiger partial charge in [0.25, 0.3) is 6.71 Å². The highest BCUT2D eigenvalue weighted by molar-refractivity contribution is 7.00. The van der Waals surface area contributed by atoms with E-state index in [2.05, 4.69) is 215 Å². The van der Waals surface area contributed by atoms with Crippen LogP contribution in [0.25, 0.3) is 0 Å². The summed E-state index contributed by atoms with van der Waals surface area (Å²) >= 11 is 0. The molecule has 6 aliphatic rings. The molecule has 4 heterocycles. The molecule has 304 valence electrons. The predicted molar refractivity (Wildman–Crippen MR) is 261 cm³/mol. The van der Waals surface area contributed by atoms with Gasteiger partial charge in [-0.1, -0.05) is 150 Å². The number of hydrogen-bond acceptors (Lipinski definition) is 3. The van der Waals surface area contributed by atoms with Crippen molar-refractivity contribution in [2.75, 3.05) is 14.7 Å². The highest BCUT2D eigenvalue weighted by Gasteiger charge is 2.64. The number of para-hydroxylation sites is 3. The lowest BCUT2D eigenvalue weighted by Gasteiger charge is -2.54. The van der Waals surface area contributed by atoms with Gasteiger partial charge in [-0.05, 0) is 137 Å². The molecule has 0 spiro atoms. The number of hydrogen-bond donors (Lipinski definition) is 0. The number of anilines is 7. The van der Waals surface area contributed by atoms with Crippen LogP contribution in [-0.4, -0.2) is 6.71 Å². The molecular weight excluding hydrogens is 749 g/mol. The van der Waals surface area contributed by atoms with Crippen LogP contribution in [0.1, 0.15) is 100 Å². The third kappa shape index (κ3) is 4.20. The van der Waals surface area contributed by atoms with Crippen molar-refractivity contribution < 1.29 is 0 Å². The highest BCUT2D eigenvalue weighted by atomic mass is 15.3. The quantitative estimate of drug-likeness (QED) is 0.161. The number of nitrogens with zero attached hydrogens (tertiary/aromatic N) is 3. The molecule has 0 amide bonds. The maximum absolute atomic E-state index is 2.89. The van der Waals surface area contributed by atoms with Gasteiger partial charge in [0.1, 0.15) is 0 Å². The van der Waals surface area contributed by atoms with Crippen molar-refractivity contribution in [3.8, 4) is 0 Å². The first-order valence-electron chi connectivity index (χ1n) is 23.1. The van der Waals surface area contributed by atoms with E-state index in [1.165, 1.54) is 95.1 Å². The summed E-state index contributed by atoms with van der Waals surface area (Å²) in [6, 6.07) is 59.0. The number of rotatable bonds is 2. The molecule has 0 bridgehead atoms. The lowest BCUT2D eigenvalue weighted by atomic mass is 9.33. The van der Waals surface area contributed by atoms with E-state index in [4.69, 9.17) is 0 Å². The molecule has 7 aromatic carbocycles. The van der Waals surface area contributed by atoms with Crippen LogP contribution in [0.5, 0.6) is 0 Å². The van der Waals surface area contributed by atoms with Gasteiger partial charge in [-0.2, -0.15) is 0 Å². The standard InChI is InChI=1S/C58H54BN3/c1-54(2,3)39-33-45-53-47(34-39)59-46-26-16-18-28-49(46)60(40-21-9-8-10-22-40)50-35-41(36-51(52(50)59)62(53)58(7)43-24-14-12-20-38(43)30-32-56(45,58)5)61-48-27-17-15-25-44(48)55(4)31-29-37-19-11-13-23-42(37)57(55,61)6/h8-28,33-36H,29-32H2,1-7H3. The van der Waals surface area contributed by atoms with Gasteiger partial charge in [0.15, 0.2) is 0 Å². The van der Waals surface area contributed by atoms with E-state index < -0.39 is 0 Å². The Kier molecular flexibility index (Phi) is 7.04. The summed E-state index contributed by atoms with van der Waals surface area (Å²) in [6.07, 6.45) is 4.37. The molecule has 4 unspecified atom stereocenters. The second-order valence-electron chi connectivity index (χ2n) is 21.1. The Labute approximate surface area is 368 Å². The predicted octanol–water partition coefficient (Wildman–Crippen LogP) is 12.1. The topological polar surface area (TPSA) is 9.72 Å². The Hall–Kier alpha value is -6.00. The van der Waals surface area contributed by atoms with Crippen molar-refractivity contribution in [1.82, 2.24) is 0 Å². The lowest BCUT2D eigenvalue weighted by molar-refractivity contribution is 0.244. The van der Waals surface area contributed by atoms with Gasteiger partial charge >= 0.3 is 0 Å². The minimum absolute atomic E-state index is 0.0168. The first kappa shape index (κ1) is 36.6. The fourth-order valence-corrected chi connectivity index (χ4v) is 13.9. The number of aryl methyl sites for hydroxylation is 2. The fourth-order valence-electron chi connectivity index (χ4n) is 13.9. The van der Waals surface area contributed by atoms with E-state index in [9.17, 15) is 0 Å². The normalized spacial score (nSPS) is 25.5. The molecule has 0 N–H and O–H groups in total. The molecule has 2 aliphatic carbocycles. The van der Waals surface area contributed by atoms with Crippen LogP contribution in [0.15, 0.2) is 152 Å². The summed E-state index contributed by atoms with van der Waals surface area (Å²) in [5.41, 5.74) is 22.7. The van der Waals surface area contributed by atoms with Crippen molar-refractivity contribution in [2.24, 2.45) is 0 Å². The number of fused-ring (bicyclic) bond motifs is 14. The Balaban J connectivity index is 1.19. The molecule has 0 saturated heterocycles. The fraction of sp³-hybridized carbons (Fsp3) is 0.276. The zero-order valence-corrected chi connectivity index (χ0v) is 37.2. The van der Waals surface area contributed by atoms with Crippen LogP contribution in [0, 0.1) is 0 Å². The van der Waals surface area contributed by atoms with Crippen LogP contribution in [0.3, 0.4) is 0 Å². The van der Waals surface area contributed by atoms with Gasteiger partial charge in [0.05, 0.1) is 11.1 Å². The van der Waals surface area contributed by atoms with Crippen molar-refractivity contribution in [2.45, 2.75) is 101 Å². The highest BCUT2D eigenvalue weighted by Crippen LogP contribution is 2.67. The second-order valence-corrected chi connectivity index (χ2v) is 21.1. The summed E-state index contributed by atoms with van der Waals surface area (Å²) in [4.78, 5) is 8.26. The average Bonchev–Trinajstić information content (AvgIpc) is 3.64. The summed E-state index contributed by atoms with van der Waals surface area (Å²) in [5, 5.41) is 0. The molecule has 4 aliphatic heterocycles. The van der Waals surface area contributed by atoms with Gasteiger partial charge in [0.2, 0.25) is 0 Å². The van der Waals surface area contributed by atoms with Crippen LogP contribution >= 0.6 is 0 Å². The van der Waals surface area contributed by atoms with Crippen LogP contribution in [-0.2, 0) is 40.2 Å². The van der Waals surface area contributed by atoms with Crippen molar-refractivity contribution in [3.63, 3.8) is 0 Å². The van der Waals surface area contributed by atoms with Gasteiger partial charge < -0.3 is 14.7 Å². The largest absolute Gasteiger partial charge is 0.331 e. The van der Waals surface area contributed by atoms with E-state index in [-0.39, 0.29) is 34.0 Å². The third-order valence-corrected chi connectivity index (χ3v) is 17.4. The molecule has 0 radical (unpaired) electrons. The minimum atomic E-state index is -0.333. The summed E-state index contributed by atoms with van der Waals surface area (Å²) in [7, 11) is 0. The van der Waals surface area contributed by atoms with Gasteiger partial charge in [-0.25, -0.2) is 0 Å². The van der Waals surface area contributed by atoms with E-state index in [1.54, 1.807) is 0 Å². The average molecular weight is 804 g/mol. The monoisotopic (exact) mass is 803 g/mol. The molecule has 0 saturated carbocycles. The van der Waals surface area contributed by atoms with E-state index in [0.717, 1.165) is 25.7 Å². The third-order valence-electron chi connectivity index (χ3n) is 17.4. The Morgan fingerprint density at radius 1 is 0.468 bits per heavy atom. The van der Waals surface area contributed by atoms with Gasteiger partial charge in [-0.15, -0.1) is 0 Å². The molecular formula is C58H54BN3. The summed E-state index contributed by atoms with van der Waals surface area (Å²) < 4.78 is 0. The van der Waals surface area contributed by atoms with Gasteiger partial charge in [0, 0.05) is 50.6 Å². The Bertz CT molecular complexity index is 3070. The summed E-state index contributed by atoms with van der Waals surface area (Å²) in [6.45, 7) is 17.6. The zero-order valence-electron chi connectivity index (χ0n) is 37.2. The molecule has 0 fully saturated rings. The molecule has 0 aromatic heterocycles. The maximum Gasteiger partial charge on any atom is 0.252 e. The first-order chi connectivity index (χ1) is 29.9. The molecule has 3 nitrogen and oxygen atoms in total. The molecule has 4 atom stereocenters. The van der Waals surface area contributed by atoms with E-state index in [1.807, 2.05) is 0 Å². The summed E-state index contributed by atoms with van der Waals surface area (Å²) in [5.74, 6) is 0. The molecule has 7 aromatic rings. The maximum atomic E-state index is 2.89. The van der Waals surface area contributed by atoms with E-state index >= 15 is 0 Å². The molecule has 4 heteroatoms. The molecule has 62 heavy (non-hydrogen) atoms. The van der Waals surface area contributed by atoms with Crippen molar-refractivity contribution >= 4 is 62.9 Å². The SMILES string of the molecule is CC(C)(C)c1cc2c3c(c1)C1(C)CCc4ccccc4C1(C)N3c1cc(N3c4ccccc4C4(C)CCc5ccccc5C34C)cc3c1B2c1ccccc1N3c1ccccc1. The van der Waals surface area contributed by atoms with Crippen molar-refractivity contribution in [1.29, 1.82) is 0 Å². The van der Waals surface area contributed by atoms with Crippen LogP contribution < -0.4 is 31.1 Å². The van der Waals surface area contributed by atoms with Crippen molar-refractivity contribution in [3.05, 3.63) is 191 Å². The minimum Gasteiger partial charge on any atom is -0.331 e. The van der Waals surface area contributed by atoms with Crippen LogP contribution in [0.2, 0.25) is 0 Å². The first-order valence-corrected chi connectivity index (χ1v) is 23.1. The van der Waals surface area contributed by atoms with Gasteiger partial charge in [-0.3, -0.25) is 0 Å². The number of benzene rings is 7. The molecule has 13 rings (SSSR count).